The first kappa shape index (κ1) is 44.2. The number of rotatable bonds is 18. The van der Waals surface area contributed by atoms with Crippen LogP contribution in [0.4, 0.5) is 0 Å². The van der Waals surface area contributed by atoms with Crippen molar-refractivity contribution in [3.8, 4) is 0 Å². The van der Waals surface area contributed by atoms with Crippen molar-refractivity contribution in [2.24, 2.45) is 0 Å². The van der Waals surface area contributed by atoms with E-state index in [0.29, 0.717) is 0 Å². The summed E-state index contributed by atoms with van der Waals surface area (Å²) < 4.78 is 96.2. The Morgan fingerprint density at radius 3 is 1.09 bits per heavy atom. The van der Waals surface area contributed by atoms with Gasteiger partial charge in [0, 0.05) is 6.54 Å². The van der Waals surface area contributed by atoms with Gasteiger partial charge in [-0.2, -0.15) is 0 Å². The Labute approximate surface area is 240 Å². The maximum atomic E-state index is 12.7. The lowest BCUT2D eigenvalue weighted by atomic mass is 10.2. The van der Waals surface area contributed by atoms with Crippen LogP contribution in [0.15, 0.2) is 0 Å². The summed E-state index contributed by atoms with van der Waals surface area (Å²) in [7, 11) is -48.4. The second-order valence-electron chi connectivity index (χ2n) is 9.12. The van der Waals surface area contributed by atoms with Gasteiger partial charge in [-0.15, -0.1) is 0 Å². The molecule has 0 radical (unpaired) electrons. The van der Waals surface area contributed by atoms with Gasteiger partial charge in [0.2, 0.25) is 0 Å². The molecule has 0 aliphatic rings. The van der Waals surface area contributed by atoms with E-state index in [1.165, 1.54) is 0 Å². The fraction of sp³-hybridized carbons (Fsp3) is 1.00. The van der Waals surface area contributed by atoms with Crippen molar-refractivity contribution in [3.05, 3.63) is 0 Å². The van der Waals surface area contributed by atoms with E-state index in [9.17, 15) is 105 Å². The predicted molar refractivity (Wildman–Crippen MR) is 141 cm³/mol. The van der Waals surface area contributed by atoms with Gasteiger partial charge in [-0.1, -0.05) is 0 Å². The molecule has 16 N–H and O–H groups in total. The first-order chi connectivity index (χ1) is 18.4. The molecule has 25 nitrogen and oxygen atoms in total. The van der Waals surface area contributed by atoms with Crippen LogP contribution in [0.2, 0.25) is 0 Å². The van der Waals surface area contributed by atoms with E-state index in [1.807, 2.05) is 0 Å². The molecule has 0 rings (SSSR count). The van der Waals surface area contributed by atoms with Crippen molar-refractivity contribution in [2.45, 2.75) is 35.0 Å². The molecule has 0 aliphatic carbocycles. The van der Waals surface area contributed by atoms with Crippen molar-refractivity contribution in [2.75, 3.05) is 25.0 Å². The molecule has 0 aromatic heterocycles. The predicted octanol–water partition coefficient (Wildman–Crippen LogP) is -3.14. The number of nitrogens with zero attached hydrogens (tertiary/aromatic N) is 1. The van der Waals surface area contributed by atoms with Gasteiger partial charge in [0.1, 0.15) is 17.2 Å². The Morgan fingerprint density at radius 2 is 0.837 bits per heavy atom. The summed E-state index contributed by atoms with van der Waals surface area (Å²) in [5, 5.41) is 0. The molecule has 0 heterocycles. The summed E-state index contributed by atoms with van der Waals surface area (Å²) in [4.78, 5) is 153. The lowest BCUT2D eigenvalue weighted by Crippen LogP contribution is -2.54. The third-order valence-corrected chi connectivity index (χ3v) is 16.1. The highest BCUT2D eigenvalue weighted by atomic mass is 31.2. The van der Waals surface area contributed by atoms with Gasteiger partial charge >= 0.3 is 60.8 Å². The first-order valence-electron chi connectivity index (χ1n) is 10.5. The molecular weight excluding hydrogens is 766 g/mol. The summed E-state index contributed by atoms with van der Waals surface area (Å²) in [6.07, 6.45) is -7.69. The maximum Gasteiger partial charge on any atom is 0.343 e. The summed E-state index contributed by atoms with van der Waals surface area (Å²) >= 11 is 0. The van der Waals surface area contributed by atoms with Crippen LogP contribution in [-0.4, -0.2) is 137 Å². The summed E-state index contributed by atoms with van der Waals surface area (Å²) in [6, 6.07) is 0. The average molecular weight is 797 g/mol. The van der Waals surface area contributed by atoms with Crippen LogP contribution in [0.1, 0.15) is 6.42 Å². The fourth-order valence-electron chi connectivity index (χ4n) is 3.86. The van der Waals surface area contributed by atoms with Crippen molar-refractivity contribution in [1.82, 2.24) is 4.90 Å². The van der Waals surface area contributed by atoms with Gasteiger partial charge in [0.25, 0.3) is 0 Å². The molecular formula is C10H31NO24P8. The molecule has 43 heavy (non-hydrogen) atoms. The van der Waals surface area contributed by atoms with E-state index in [4.69, 9.17) is 9.79 Å². The zero-order valence-corrected chi connectivity index (χ0v) is 28.0. The Balaban J connectivity index is 7.91. The highest BCUT2D eigenvalue weighted by Gasteiger charge is 2.60. The van der Waals surface area contributed by atoms with Crippen molar-refractivity contribution in [1.29, 1.82) is 0 Å². The zero-order valence-electron chi connectivity index (χ0n) is 20.9. The van der Waals surface area contributed by atoms with Gasteiger partial charge in [0.05, 0.1) is 29.8 Å². The fourth-order valence-corrected chi connectivity index (χ4v) is 16.9. The third-order valence-electron chi connectivity index (χ3n) is 5.45. The highest BCUT2D eigenvalue weighted by Crippen LogP contribution is 2.66. The van der Waals surface area contributed by atoms with Crippen molar-refractivity contribution < 1.29 is 115 Å². The number of hydrogen-bond donors (Lipinski definition) is 16. The van der Waals surface area contributed by atoms with Crippen LogP contribution in [0, 0.1) is 0 Å². The van der Waals surface area contributed by atoms with E-state index in [2.05, 4.69) is 0 Å². The molecule has 0 aliphatic heterocycles. The van der Waals surface area contributed by atoms with Gasteiger partial charge in [-0.25, -0.2) is 0 Å². The average Bonchev–Trinajstić information content (AvgIpc) is 2.63. The van der Waals surface area contributed by atoms with Crippen LogP contribution in [0.25, 0.3) is 0 Å². The molecule has 0 amide bonds. The van der Waals surface area contributed by atoms with Crippen LogP contribution >= 0.6 is 60.8 Å². The topological polar surface area (TPSA) is 463 Å². The van der Waals surface area contributed by atoms with E-state index < -0.39 is 126 Å². The standard InChI is InChI=1S/C10H31NO24P8/c12-36(13,14)3-6(39(21,22)23)1-2-11(8(41(27,28)29)5-38(18,19)20)10(43(33,34)35)9(42(30,31)32)7(40(24,25)26)4-37(15,16)17/h6-10H,1-5H2,(H2,12,13,14)(H2,15,16,17)(H2,18,19,20)(H2,21,22,23)(H2,24,25,26)(H2,27,28,29)(H2,30,31,32)(H2,33,34,35). The molecule has 0 saturated carbocycles. The van der Waals surface area contributed by atoms with Gasteiger partial charge in [0.15, 0.2) is 0 Å². The van der Waals surface area contributed by atoms with E-state index in [1.54, 1.807) is 0 Å². The Morgan fingerprint density at radius 1 is 0.442 bits per heavy atom. The third kappa shape index (κ3) is 16.2. The van der Waals surface area contributed by atoms with Crippen LogP contribution < -0.4 is 0 Å². The minimum atomic E-state index is -6.61. The smallest absolute Gasteiger partial charge is 0.324 e. The lowest BCUT2D eigenvalue weighted by molar-refractivity contribution is 0.161. The van der Waals surface area contributed by atoms with Gasteiger partial charge < -0.3 is 78.3 Å². The Kier molecular flexibility index (Phi) is 15.1. The molecule has 33 heteroatoms. The van der Waals surface area contributed by atoms with E-state index >= 15 is 0 Å². The first-order valence-corrected chi connectivity index (χ1v) is 24.3. The van der Waals surface area contributed by atoms with Gasteiger partial charge in [-0.3, -0.25) is 41.4 Å². The van der Waals surface area contributed by atoms with E-state index in [-0.39, 0.29) is 0 Å². The molecule has 5 unspecified atom stereocenters. The molecule has 0 fully saturated rings. The lowest BCUT2D eigenvalue weighted by Gasteiger charge is -2.44. The van der Waals surface area contributed by atoms with Crippen molar-refractivity contribution in [3.63, 3.8) is 0 Å². The van der Waals surface area contributed by atoms with Gasteiger partial charge in [-0.05, 0) is 6.42 Å². The molecule has 260 valence electrons. The van der Waals surface area contributed by atoms with Crippen molar-refractivity contribution >= 4 is 60.8 Å². The van der Waals surface area contributed by atoms with Crippen LogP contribution in [0.5, 0.6) is 0 Å². The summed E-state index contributed by atoms with van der Waals surface area (Å²) in [5.74, 6) is -7.06. The summed E-state index contributed by atoms with van der Waals surface area (Å²) in [6.45, 7) is -1.78. The van der Waals surface area contributed by atoms with Crippen LogP contribution in [0.3, 0.4) is 0 Å². The Bertz CT molecular complexity index is 1350. The Hall–Kier alpha value is 1.16. The molecule has 0 spiro atoms. The number of hydrogen-bond acceptors (Lipinski definition) is 9. The van der Waals surface area contributed by atoms with E-state index in [0.717, 1.165) is 0 Å². The largest absolute Gasteiger partial charge is 0.343 e. The minimum absolute atomic E-state index is 0.574. The zero-order chi connectivity index (χ0) is 35.0. The second-order valence-corrected chi connectivity index (χ2v) is 23.2. The van der Waals surface area contributed by atoms with Crippen LogP contribution in [-0.2, 0) is 36.5 Å². The monoisotopic (exact) mass is 797 g/mol. The minimum Gasteiger partial charge on any atom is -0.324 e. The summed E-state index contributed by atoms with van der Waals surface area (Å²) in [5.41, 5.74) is -9.78. The molecule has 0 aromatic rings. The quantitative estimate of drug-likeness (QED) is 0.0609. The molecule has 5 atom stereocenters. The molecule has 0 saturated heterocycles. The SMILES string of the molecule is O=P(O)(O)CC(CCN(C(CP(=O)(O)O)P(=O)(O)O)C(C(C(CP(=O)(O)O)P(=O)(O)O)P(=O)(O)O)P(=O)(O)O)P(=O)(O)O. The maximum absolute atomic E-state index is 12.7. The highest BCUT2D eigenvalue weighted by molar-refractivity contribution is 7.61. The molecule has 0 aromatic carbocycles. The normalized spacial score (nSPS) is 18.7. The second kappa shape index (κ2) is 14.7. The molecule has 0 bridgehead atoms.